The van der Waals surface area contributed by atoms with Crippen molar-refractivity contribution >= 4 is 27.7 Å². The first-order valence-electron chi connectivity index (χ1n) is 5.06. The van der Waals surface area contributed by atoms with Crippen molar-refractivity contribution in [2.24, 2.45) is 0 Å². The fourth-order valence-corrected chi connectivity index (χ4v) is 1.46. The molecule has 17 heavy (non-hydrogen) atoms. The fraction of sp³-hybridized carbons (Fsp3) is 0.333. The molecule has 0 aliphatic heterocycles. The van der Waals surface area contributed by atoms with Gasteiger partial charge in [0, 0.05) is 6.42 Å². The van der Waals surface area contributed by atoms with Crippen LogP contribution in [0.1, 0.15) is 16.8 Å². The average molecular weight is 301 g/mol. The van der Waals surface area contributed by atoms with Gasteiger partial charge in [-0.3, -0.25) is 4.79 Å². The number of halogens is 1. The Bertz CT molecular complexity index is 403. The van der Waals surface area contributed by atoms with Gasteiger partial charge in [0.2, 0.25) is 0 Å². The first-order valence-corrected chi connectivity index (χ1v) is 6.18. The van der Waals surface area contributed by atoms with E-state index in [9.17, 15) is 9.59 Å². The number of carbonyl (C=O) groups excluding carboxylic acids is 2. The molecule has 1 rings (SSSR count). The molecule has 1 aromatic rings. The van der Waals surface area contributed by atoms with E-state index in [1.165, 1.54) is 7.11 Å². The maximum absolute atomic E-state index is 11.3. The van der Waals surface area contributed by atoms with Crippen LogP contribution < -0.4 is 4.74 Å². The monoisotopic (exact) mass is 300 g/mol. The summed E-state index contributed by atoms with van der Waals surface area (Å²) in [7, 11) is 1.32. The molecule has 5 heteroatoms. The second kappa shape index (κ2) is 7.06. The van der Waals surface area contributed by atoms with Gasteiger partial charge in [-0.2, -0.15) is 0 Å². The van der Waals surface area contributed by atoms with Crippen LogP contribution >= 0.6 is 15.9 Å². The average Bonchev–Trinajstić information content (AvgIpc) is 2.38. The van der Waals surface area contributed by atoms with Crippen LogP contribution in [0.25, 0.3) is 0 Å². The van der Waals surface area contributed by atoms with Crippen molar-refractivity contribution in [3.63, 3.8) is 0 Å². The van der Waals surface area contributed by atoms with Crippen LogP contribution in [0.2, 0.25) is 0 Å². The van der Waals surface area contributed by atoms with Crippen LogP contribution in [0.4, 0.5) is 0 Å². The highest BCUT2D eigenvalue weighted by Crippen LogP contribution is 2.14. The number of methoxy groups -OCH3 is 1. The zero-order chi connectivity index (χ0) is 12.7. The smallest absolute Gasteiger partial charge is 0.337 e. The first-order chi connectivity index (χ1) is 8.17. The second-order valence-electron chi connectivity index (χ2n) is 3.29. The molecule has 0 radical (unpaired) electrons. The van der Waals surface area contributed by atoms with E-state index in [1.54, 1.807) is 24.3 Å². The summed E-state index contributed by atoms with van der Waals surface area (Å²) in [6.45, 7) is 0.301. The van der Waals surface area contributed by atoms with E-state index in [-0.39, 0.29) is 5.78 Å². The molecule has 0 unspecified atom stereocenters. The fourth-order valence-electron chi connectivity index (χ4n) is 1.18. The Labute approximate surface area is 108 Å². The Morgan fingerprint density at radius 1 is 1.35 bits per heavy atom. The van der Waals surface area contributed by atoms with Crippen LogP contribution in [0.3, 0.4) is 0 Å². The minimum Gasteiger partial charge on any atom is -0.493 e. The number of ketones is 1. The summed E-state index contributed by atoms with van der Waals surface area (Å²) in [6, 6.07) is 6.66. The lowest BCUT2D eigenvalue weighted by molar-refractivity contribution is -0.116. The van der Waals surface area contributed by atoms with E-state index in [0.29, 0.717) is 29.7 Å². The van der Waals surface area contributed by atoms with Gasteiger partial charge in [-0.1, -0.05) is 22.0 Å². The molecule has 0 spiro atoms. The third-order valence-electron chi connectivity index (χ3n) is 2.05. The summed E-state index contributed by atoms with van der Waals surface area (Å²) in [6.07, 6.45) is 0.341. The Hall–Kier alpha value is -1.36. The largest absolute Gasteiger partial charge is 0.493 e. The van der Waals surface area contributed by atoms with E-state index >= 15 is 0 Å². The van der Waals surface area contributed by atoms with Crippen molar-refractivity contribution in [3.05, 3.63) is 29.8 Å². The summed E-state index contributed by atoms with van der Waals surface area (Å²) >= 11 is 3.07. The van der Waals surface area contributed by atoms with Gasteiger partial charge >= 0.3 is 5.97 Å². The highest BCUT2D eigenvalue weighted by Gasteiger charge is 2.06. The lowest BCUT2D eigenvalue weighted by Crippen LogP contribution is -2.07. The molecule has 0 atom stereocenters. The van der Waals surface area contributed by atoms with Crippen LogP contribution in [0.15, 0.2) is 24.3 Å². The topological polar surface area (TPSA) is 52.6 Å². The van der Waals surface area contributed by atoms with Gasteiger partial charge in [0.05, 0.1) is 24.6 Å². The summed E-state index contributed by atoms with van der Waals surface area (Å²) in [5.74, 6) is 0.219. The summed E-state index contributed by atoms with van der Waals surface area (Å²) in [4.78, 5) is 22.3. The molecule has 1 aromatic carbocycles. The van der Waals surface area contributed by atoms with Crippen molar-refractivity contribution in [3.8, 4) is 5.75 Å². The summed E-state index contributed by atoms with van der Waals surface area (Å²) in [5, 5.41) is 0.332. The molecule has 0 aliphatic rings. The predicted molar refractivity (Wildman–Crippen MR) is 66.7 cm³/mol. The molecule has 0 heterocycles. The SMILES string of the molecule is COC(=O)c1cccc(OCCC(=O)CBr)c1. The molecule has 0 aliphatic carbocycles. The zero-order valence-electron chi connectivity index (χ0n) is 9.44. The van der Waals surface area contributed by atoms with Crippen molar-refractivity contribution < 1.29 is 19.1 Å². The van der Waals surface area contributed by atoms with Crippen LogP contribution in [0.5, 0.6) is 5.75 Å². The number of rotatable bonds is 6. The van der Waals surface area contributed by atoms with Crippen molar-refractivity contribution in [1.82, 2.24) is 0 Å². The minimum atomic E-state index is -0.410. The van der Waals surface area contributed by atoms with Crippen molar-refractivity contribution in [1.29, 1.82) is 0 Å². The van der Waals surface area contributed by atoms with Gasteiger partial charge in [-0.05, 0) is 18.2 Å². The number of benzene rings is 1. The second-order valence-corrected chi connectivity index (χ2v) is 3.85. The Morgan fingerprint density at radius 2 is 2.12 bits per heavy atom. The predicted octanol–water partition coefficient (Wildman–Crippen LogP) is 2.21. The normalized spacial score (nSPS) is 9.76. The van der Waals surface area contributed by atoms with Gasteiger partial charge in [0.15, 0.2) is 0 Å². The number of alkyl halides is 1. The maximum Gasteiger partial charge on any atom is 0.337 e. The number of ether oxygens (including phenoxy) is 2. The van der Waals surface area contributed by atoms with Crippen molar-refractivity contribution in [2.45, 2.75) is 6.42 Å². The molecule has 0 N–H and O–H groups in total. The van der Waals surface area contributed by atoms with Gasteiger partial charge in [-0.15, -0.1) is 0 Å². The first kappa shape index (κ1) is 13.7. The molecule has 0 saturated heterocycles. The van der Waals surface area contributed by atoms with Crippen LogP contribution in [-0.4, -0.2) is 30.8 Å². The standard InChI is InChI=1S/C12H13BrO4/c1-16-12(15)9-3-2-4-11(7-9)17-6-5-10(14)8-13/h2-4,7H,5-6,8H2,1H3. The molecule has 0 aromatic heterocycles. The molecule has 92 valence electrons. The van der Waals surface area contributed by atoms with E-state index in [4.69, 9.17) is 4.74 Å². The van der Waals surface area contributed by atoms with Gasteiger partial charge in [-0.25, -0.2) is 4.79 Å². The molecular formula is C12H13BrO4. The molecule has 4 nitrogen and oxygen atoms in total. The molecule has 0 fully saturated rings. The van der Waals surface area contributed by atoms with E-state index < -0.39 is 5.97 Å². The third kappa shape index (κ3) is 4.56. The number of hydrogen-bond donors (Lipinski definition) is 0. The minimum absolute atomic E-state index is 0.0779. The van der Waals surface area contributed by atoms with Crippen LogP contribution in [-0.2, 0) is 9.53 Å². The summed E-state index contributed by atoms with van der Waals surface area (Å²) in [5.41, 5.74) is 0.428. The van der Waals surface area contributed by atoms with Gasteiger partial charge in [0.1, 0.15) is 11.5 Å². The number of esters is 1. The Kier molecular flexibility index (Phi) is 5.69. The highest BCUT2D eigenvalue weighted by molar-refractivity contribution is 9.09. The molecule has 0 saturated carbocycles. The quantitative estimate of drug-likeness (QED) is 0.597. The van der Waals surface area contributed by atoms with Crippen LogP contribution in [0, 0.1) is 0 Å². The highest BCUT2D eigenvalue weighted by atomic mass is 79.9. The van der Waals surface area contributed by atoms with Crippen molar-refractivity contribution in [2.75, 3.05) is 19.0 Å². The lowest BCUT2D eigenvalue weighted by atomic mass is 10.2. The van der Waals surface area contributed by atoms with Gasteiger partial charge < -0.3 is 9.47 Å². The Balaban J connectivity index is 2.54. The van der Waals surface area contributed by atoms with E-state index in [0.717, 1.165) is 0 Å². The number of carbonyl (C=O) groups is 2. The van der Waals surface area contributed by atoms with E-state index in [2.05, 4.69) is 20.7 Å². The van der Waals surface area contributed by atoms with E-state index in [1.807, 2.05) is 0 Å². The Morgan fingerprint density at radius 3 is 2.76 bits per heavy atom. The molecule has 0 bridgehead atoms. The zero-order valence-corrected chi connectivity index (χ0v) is 11.0. The molecule has 0 amide bonds. The number of Topliss-reactive ketones (excluding diaryl/α,β-unsaturated/α-hetero) is 1. The van der Waals surface area contributed by atoms with Gasteiger partial charge in [0.25, 0.3) is 0 Å². The summed E-state index contributed by atoms with van der Waals surface area (Å²) < 4.78 is 9.96. The lowest BCUT2D eigenvalue weighted by Gasteiger charge is -2.06. The number of hydrogen-bond acceptors (Lipinski definition) is 4. The third-order valence-corrected chi connectivity index (χ3v) is 2.68. The maximum atomic E-state index is 11.3. The molecular weight excluding hydrogens is 288 g/mol.